The van der Waals surface area contributed by atoms with E-state index in [4.69, 9.17) is 16.3 Å². The second-order valence-electron chi connectivity index (χ2n) is 8.48. The van der Waals surface area contributed by atoms with Crippen LogP contribution in [0.4, 0.5) is 28.8 Å². The molecule has 2 amide bonds. The molecule has 1 aromatic heterocycles. The van der Waals surface area contributed by atoms with Crippen LogP contribution in [-0.4, -0.2) is 61.2 Å². The number of rotatable bonds is 9. The molecule has 194 valence electrons. The van der Waals surface area contributed by atoms with Crippen LogP contribution in [0.25, 0.3) is 0 Å². The third-order valence-corrected chi connectivity index (χ3v) is 6.84. The number of nitrogens with one attached hydrogen (secondary N) is 3. The van der Waals surface area contributed by atoms with Crippen LogP contribution in [0.15, 0.2) is 60.8 Å². The Morgan fingerprint density at radius 3 is 2.46 bits per heavy atom. The average molecular weight is 543 g/mol. The number of nitrogens with zero attached hydrogens (tertiary/aromatic N) is 3. The summed E-state index contributed by atoms with van der Waals surface area (Å²) < 4.78 is 18.1. The summed E-state index contributed by atoms with van der Waals surface area (Å²) in [5.41, 5.74) is 1.57. The second kappa shape index (κ2) is 11.9. The number of carbonyl (C=O) groups excluding carboxylic acids is 2. The van der Waals surface area contributed by atoms with Gasteiger partial charge in [0, 0.05) is 37.2 Å². The van der Waals surface area contributed by atoms with Gasteiger partial charge in [0.05, 0.1) is 24.7 Å². The smallest absolute Gasteiger partial charge is 0.248 e. The molecule has 3 aromatic rings. The Balaban J connectivity index is 1.84. The summed E-state index contributed by atoms with van der Waals surface area (Å²) in [7, 11) is 2.14. The number of methoxy groups -OCH3 is 1. The minimum absolute atomic E-state index is 0.207. The van der Waals surface area contributed by atoms with Gasteiger partial charge in [0.1, 0.15) is 17.9 Å². The van der Waals surface area contributed by atoms with E-state index in [-0.39, 0.29) is 16.9 Å². The van der Waals surface area contributed by atoms with Gasteiger partial charge >= 0.3 is 0 Å². The van der Waals surface area contributed by atoms with Crippen molar-refractivity contribution in [1.29, 1.82) is 0 Å². The van der Waals surface area contributed by atoms with Gasteiger partial charge in [0.2, 0.25) is 17.8 Å². The molecule has 10 nitrogen and oxygen atoms in total. The molecule has 12 heteroatoms. The molecule has 0 aliphatic rings. The van der Waals surface area contributed by atoms with Crippen molar-refractivity contribution >= 4 is 64.7 Å². The van der Waals surface area contributed by atoms with E-state index >= 15 is 0 Å². The Labute approximate surface area is 220 Å². The minimum Gasteiger partial charge on any atom is -0.495 e. The van der Waals surface area contributed by atoms with Crippen LogP contribution >= 0.6 is 18.7 Å². The highest BCUT2D eigenvalue weighted by atomic mass is 35.5. The number of hydrogen-bond acceptors (Lipinski definition) is 8. The van der Waals surface area contributed by atoms with Gasteiger partial charge in [-0.3, -0.25) is 9.59 Å². The predicted molar refractivity (Wildman–Crippen MR) is 149 cm³/mol. The van der Waals surface area contributed by atoms with E-state index in [2.05, 4.69) is 25.9 Å². The summed E-state index contributed by atoms with van der Waals surface area (Å²) in [6, 6.07) is 12.2. The molecule has 0 fully saturated rings. The molecule has 0 radical (unpaired) electrons. The predicted octanol–water partition coefficient (Wildman–Crippen LogP) is 4.46. The van der Waals surface area contributed by atoms with Crippen molar-refractivity contribution in [3.8, 4) is 5.75 Å². The van der Waals surface area contributed by atoms with Crippen molar-refractivity contribution in [2.45, 2.75) is 0 Å². The molecule has 0 saturated heterocycles. The van der Waals surface area contributed by atoms with Gasteiger partial charge in [-0.15, -0.1) is 0 Å². The van der Waals surface area contributed by atoms with Crippen molar-refractivity contribution in [2.75, 3.05) is 50.5 Å². The first-order valence-electron chi connectivity index (χ1n) is 11.1. The van der Waals surface area contributed by atoms with Crippen LogP contribution in [0, 0.1) is 0 Å². The van der Waals surface area contributed by atoms with Crippen molar-refractivity contribution in [2.24, 2.45) is 0 Å². The Morgan fingerprint density at radius 1 is 1.05 bits per heavy atom. The molecule has 0 saturated carbocycles. The first-order valence-corrected chi connectivity index (χ1v) is 14.1. The molecule has 0 atom stereocenters. The Hall–Kier alpha value is -3.88. The molecular weight excluding hydrogens is 515 g/mol. The maximum absolute atomic E-state index is 12.7. The third kappa shape index (κ3) is 7.55. The average Bonchev–Trinajstić information content (AvgIpc) is 2.84. The van der Waals surface area contributed by atoms with E-state index in [1.807, 2.05) is 12.1 Å². The van der Waals surface area contributed by atoms with Crippen LogP contribution in [0.1, 0.15) is 0 Å². The summed E-state index contributed by atoms with van der Waals surface area (Å²) in [5.74, 6) is 0.230. The summed E-state index contributed by atoms with van der Waals surface area (Å²) in [4.78, 5) is 34.0. The number of likely N-dealkylation sites (N-methyl/N-ethyl adjacent to an activating group) is 1. The van der Waals surface area contributed by atoms with Gasteiger partial charge in [-0.2, -0.15) is 4.98 Å². The molecule has 0 bridgehead atoms. The SMILES string of the molecule is COc1ccc(NC(=O)/C=C/C(=O)N(C)C)cc1Nc1ncc(Cl)c(Nc2ccccc2P(C)(C)=O)n1. The second-order valence-corrected chi connectivity index (χ2v) is 12.1. The van der Waals surface area contributed by atoms with E-state index in [1.54, 1.807) is 57.8 Å². The van der Waals surface area contributed by atoms with Gasteiger partial charge in [-0.1, -0.05) is 23.7 Å². The highest BCUT2D eigenvalue weighted by molar-refractivity contribution is 7.70. The summed E-state index contributed by atoms with van der Waals surface area (Å²) in [6.07, 6.45) is 3.77. The number of anilines is 5. The number of benzene rings is 2. The fourth-order valence-corrected chi connectivity index (χ4v) is 4.47. The first-order chi connectivity index (χ1) is 17.5. The lowest BCUT2D eigenvalue weighted by Crippen LogP contribution is -2.19. The number of amides is 2. The highest BCUT2D eigenvalue weighted by Gasteiger charge is 2.17. The maximum Gasteiger partial charge on any atom is 0.248 e. The molecule has 2 aromatic carbocycles. The van der Waals surface area contributed by atoms with E-state index in [1.165, 1.54) is 24.3 Å². The molecule has 3 N–H and O–H groups in total. The zero-order valence-electron chi connectivity index (χ0n) is 21.1. The zero-order valence-corrected chi connectivity index (χ0v) is 22.7. The van der Waals surface area contributed by atoms with Gasteiger partial charge in [0.15, 0.2) is 5.82 Å². The fourth-order valence-electron chi connectivity index (χ4n) is 3.18. The lowest BCUT2D eigenvalue weighted by Gasteiger charge is -2.16. The monoisotopic (exact) mass is 542 g/mol. The van der Waals surface area contributed by atoms with Crippen LogP contribution in [0.2, 0.25) is 5.02 Å². The van der Waals surface area contributed by atoms with Crippen molar-refractivity contribution in [1.82, 2.24) is 14.9 Å². The number of hydrogen-bond donors (Lipinski definition) is 3. The van der Waals surface area contributed by atoms with E-state index < -0.39 is 13.0 Å². The number of aromatic nitrogens is 2. The van der Waals surface area contributed by atoms with Gasteiger partial charge in [-0.25, -0.2) is 4.98 Å². The topological polar surface area (TPSA) is 126 Å². The van der Waals surface area contributed by atoms with Crippen molar-refractivity contribution < 1.29 is 18.9 Å². The quantitative estimate of drug-likeness (QED) is 0.267. The van der Waals surface area contributed by atoms with E-state index in [0.29, 0.717) is 33.9 Å². The van der Waals surface area contributed by atoms with Crippen molar-refractivity contribution in [3.05, 3.63) is 65.8 Å². The summed E-state index contributed by atoms with van der Waals surface area (Å²) >= 11 is 6.34. The molecule has 0 aliphatic carbocycles. The normalized spacial score (nSPS) is 11.2. The molecule has 0 unspecified atom stereocenters. The number of para-hydroxylation sites is 1. The molecule has 0 spiro atoms. The van der Waals surface area contributed by atoms with Crippen LogP contribution in [-0.2, 0) is 14.2 Å². The largest absolute Gasteiger partial charge is 0.495 e. The van der Waals surface area contributed by atoms with E-state index in [0.717, 1.165) is 6.08 Å². The third-order valence-electron chi connectivity index (χ3n) is 5.01. The molecule has 0 aliphatic heterocycles. The lowest BCUT2D eigenvalue weighted by molar-refractivity contribution is -0.124. The molecule has 1 heterocycles. The van der Waals surface area contributed by atoms with Gasteiger partial charge in [0.25, 0.3) is 0 Å². The molecule has 37 heavy (non-hydrogen) atoms. The minimum atomic E-state index is -2.56. The standard InChI is InChI=1S/C25H28ClN6O4P/c1-32(2)23(34)13-12-22(33)28-16-10-11-20(36-3)19(14-16)30-25-27-15-17(26)24(31-25)29-18-8-6-7-9-21(18)37(4,5)35/h6-15H,1-5H3,(H,28,33)(H2,27,29,30,31)/b13-12+. The summed E-state index contributed by atoms with van der Waals surface area (Å²) in [6.45, 7) is 3.38. The fraction of sp³-hybridized carbons (Fsp3) is 0.200. The van der Waals surface area contributed by atoms with Crippen LogP contribution in [0.5, 0.6) is 5.75 Å². The molecule has 3 rings (SSSR count). The van der Waals surface area contributed by atoms with Gasteiger partial charge in [-0.05, 0) is 43.7 Å². The van der Waals surface area contributed by atoms with Crippen LogP contribution in [0.3, 0.4) is 0 Å². The highest BCUT2D eigenvalue weighted by Crippen LogP contribution is 2.39. The van der Waals surface area contributed by atoms with Gasteiger partial charge < -0.3 is 30.2 Å². The Bertz CT molecular complexity index is 1390. The van der Waals surface area contributed by atoms with Crippen LogP contribution < -0.4 is 26.0 Å². The number of halogens is 1. The number of ether oxygens (including phenoxy) is 1. The van der Waals surface area contributed by atoms with Crippen molar-refractivity contribution in [3.63, 3.8) is 0 Å². The first kappa shape index (κ1) is 27.7. The molecular formula is C25H28ClN6O4P. The summed E-state index contributed by atoms with van der Waals surface area (Å²) in [5, 5.41) is 9.86. The van der Waals surface area contributed by atoms with E-state index in [9.17, 15) is 14.2 Å². The Morgan fingerprint density at radius 2 is 1.78 bits per heavy atom. The number of carbonyl (C=O) groups is 2. The Kier molecular flexibility index (Phi) is 8.91. The zero-order chi connectivity index (χ0) is 27.2. The lowest BCUT2D eigenvalue weighted by atomic mass is 10.2. The maximum atomic E-state index is 12.7.